The highest BCUT2D eigenvalue weighted by Crippen LogP contribution is 2.33. The quantitative estimate of drug-likeness (QED) is 0.874. The molecule has 0 atom stereocenters. The minimum Gasteiger partial charge on any atom is -0.467 e. The van der Waals surface area contributed by atoms with Gasteiger partial charge < -0.3 is 10.1 Å². The molecule has 0 aromatic heterocycles. The third-order valence-corrected chi connectivity index (χ3v) is 3.70. The van der Waals surface area contributed by atoms with Crippen LogP contribution < -0.4 is 5.32 Å². The van der Waals surface area contributed by atoms with Crippen LogP contribution in [0.5, 0.6) is 0 Å². The minimum absolute atomic E-state index is 0.327. The van der Waals surface area contributed by atoms with Gasteiger partial charge >= 0.3 is 5.97 Å². The van der Waals surface area contributed by atoms with Gasteiger partial charge in [0.15, 0.2) is 0 Å². The number of esters is 1. The highest BCUT2D eigenvalue weighted by molar-refractivity contribution is 6.35. The van der Waals surface area contributed by atoms with Gasteiger partial charge in [0.2, 0.25) is 0 Å². The Labute approximate surface area is 121 Å². The predicted octanol–water partition coefficient (Wildman–Crippen LogP) is 2.82. The molecular formula is C13H13Cl2NO3. The number of hydrogen-bond donors (Lipinski definition) is 1. The lowest BCUT2D eigenvalue weighted by atomic mass is 9.76. The molecule has 0 aliphatic heterocycles. The number of amides is 1. The lowest BCUT2D eigenvalue weighted by Crippen LogP contribution is -2.59. The standard InChI is InChI=1S/C13H13Cl2NO3/c1-19-12(18)13(3-2-4-13)16-11(17)8-5-9(14)7-10(15)6-8/h5-7H,2-4H2,1H3,(H,16,17). The number of hydrogen-bond acceptors (Lipinski definition) is 3. The van der Waals surface area contributed by atoms with E-state index in [9.17, 15) is 9.59 Å². The third kappa shape index (κ3) is 2.85. The van der Waals surface area contributed by atoms with E-state index in [4.69, 9.17) is 27.9 Å². The van der Waals surface area contributed by atoms with Gasteiger partial charge in [-0.05, 0) is 37.5 Å². The summed E-state index contributed by atoms with van der Waals surface area (Å²) in [5.74, 6) is -0.797. The van der Waals surface area contributed by atoms with Gasteiger partial charge in [0, 0.05) is 15.6 Å². The number of carbonyl (C=O) groups excluding carboxylic acids is 2. The summed E-state index contributed by atoms with van der Waals surface area (Å²) in [7, 11) is 1.31. The lowest BCUT2D eigenvalue weighted by molar-refractivity contribution is -0.152. The molecule has 0 bridgehead atoms. The van der Waals surface area contributed by atoms with Crippen molar-refractivity contribution in [2.24, 2.45) is 0 Å². The number of benzene rings is 1. The summed E-state index contributed by atoms with van der Waals surface area (Å²) in [5.41, 5.74) is -0.576. The van der Waals surface area contributed by atoms with Crippen LogP contribution >= 0.6 is 23.2 Å². The van der Waals surface area contributed by atoms with Crippen LogP contribution in [0, 0.1) is 0 Å². The van der Waals surface area contributed by atoms with Gasteiger partial charge in [0.05, 0.1) is 7.11 Å². The highest BCUT2D eigenvalue weighted by Gasteiger charge is 2.46. The summed E-state index contributed by atoms with van der Waals surface area (Å²) in [4.78, 5) is 23.9. The molecule has 4 nitrogen and oxygen atoms in total. The van der Waals surface area contributed by atoms with E-state index < -0.39 is 11.5 Å². The number of carbonyl (C=O) groups is 2. The molecule has 1 saturated carbocycles. The average Bonchev–Trinajstić information content (AvgIpc) is 2.31. The SMILES string of the molecule is COC(=O)C1(NC(=O)c2cc(Cl)cc(Cl)c2)CCC1. The van der Waals surface area contributed by atoms with E-state index in [1.165, 1.54) is 19.2 Å². The Hall–Kier alpha value is -1.26. The average molecular weight is 302 g/mol. The Morgan fingerprint density at radius 1 is 1.21 bits per heavy atom. The van der Waals surface area contributed by atoms with Gasteiger partial charge in [-0.15, -0.1) is 0 Å². The van der Waals surface area contributed by atoms with Gasteiger partial charge in [0.1, 0.15) is 5.54 Å². The maximum atomic E-state index is 12.1. The van der Waals surface area contributed by atoms with E-state index in [1.807, 2.05) is 0 Å². The second kappa shape index (κ2) is 5.39. The van der Waals surface area contributed by atoms with Crippen molar-refractivity contribution in [2.75, 3.05) is 7.11 Å². The number of nitrogens with one attached hydrogen (secondary N) is 1. The Bertz CT molecular complexity index is 506. The van der Waals surface area contributed by atoms with Crippen molar-refractivity contribution in [3.8, 4) is 0 Å². The lowest BCUT2D eigenvalue weighted by Gasteiger charge is -2.39. The van der Waals surface area contributed by atoms with Crippen LogP contribution in [0.2, 0.25) is 10.0 Å². The van der Waals surface area contributed by atoms with Crippen LogP contribution in [0.25, 0.3) is 0 Å². The largest absolute Gasteiger partial charge is 0.467 e. The zero-order chi connectivity index (χ0) is 14.0. The van der Waals surface area contributed by atoms with Gasteiger partial charge in [-0.25, -0.2) is 4.79 Å². The molecule has 1 aliphatic carbocycles. The van der Waals surface area contributed by atoms with Crippen molar-refractivity contribution < 1.29 is 14.3 Å². The van der Waals surface area contributed by atoms with E-state index in [0.29, 0.717) is 28.5 Å². The second-order valence-electron chi connectivity index (χ2n) is 4.54. The fourth-order valence-corrected chi connectivity index (χ4v) is 2.61. The van der Waals surface area contributed by atoms with Crippen LogP contribution in [0.15, 0.2) is 18.2 Å². The number of halogens is 2. The molecule has 6 heteroatoms. The second-order valence-corrected chi connectivity index (χ2v) is 5.41. The molecule has 102 valence electrons. The van der Waals surface area contributed by atoms with Crippen LogP contribution in [-0.2, 0) is 9.53 Å². The van der Waals surface area contributed by atoms with Crippen molar-refractivity contribution in [3.05, 3.63) is 33.8 Å². The van der Waals surface area contributed by atoms with Gasteiger partial charge in [-0.2, -0.15) is 0 Å². The summed E-state index contributed by atoms with van der Waals surface area (Å²) < 4.78 is 4.74. The molecule has 0 spiro atoms. The molecule has 1 fully saturated rings. The topological polar surface area (TPSA) is 55.4 Å². The normalized spacial score (nSPS) is 16.4. The van der Waals surface area contributed by atoms with E-state index in [1.54, 1.807) is 6.07 Å². The van der Waals surface area contributed by atoms with E-state index in [-0.39, 0.29) is 5.91 Å². The summed E-state index contributed by atoms with van der Waals surface area (Å²) in [6.07, 6.45) is 2.05. The first-order chi connectivity index (χ1) is 8.97. The predicted molar refractivity (Wildman–Crippen MR) is 72.5 cm³/mol. The smallest absolute Gasteiger partial charge is 0.331 e. The molecule has 1 N–H and O–H groups in total. The zero-order valence-corrected chi connectivity index (χ0v) is 11.8. The molecule has 1 aromatic rings. The molecule has 2 rings (SSSR count). The van der Waals surface area contributed by atoms with Gasteiger partial charge in [0.25, 0.3) is 5.91 Å². The Kier molecular flexibility index (Phi) is 4.02. The molecular weight excluding hydrogens is 289 g/mol. The van der Waals surface area contributed by atoms with Crippen molar-refractivity contribution in [1.29, 1.82) is 0 Å². The van der Waals surface area contributed by atoms with Crippen LogP contribution in [0.1, 0.15) is 29.6 Å². The first-order valence-electron chi connectivity index (χ1n) is 5.84. The van der Waals surface area contributed by atoms with E-state index in [0.717, 1.165) is 6.42 Å². The molecule has 0 heterocycles. The minimum atomic E-state index is -0.902. The van der Waals surface area contributed by atoms with Crippen LogP contribution in [0.4, 0.5) is 0 Å². The molecule has 0 unspecified atom stereocenters. The van der Waals surface area contributed by atoms with Crippen molar-refractivity contribution >= 4 is 35.1 Å². The van der Waals surface area contributed by atoms with E-state index >= 15 is 0 Å². The molecule has 0 saturated heterocycles. The first-order valence-corrected chi connectivity index (χ1v) is 6.59. The first kappa shape index (κ1) is 14.2. The molecule has 1 aliphatic rings. The maximum Gasteiger partial charge on any atom is 0.331 e. The Morgan fingerprint density at radius 2 is 1.79 bits per heavy atom. The van der Waals surface area contributed by atoms with Crippen LogP contribution in [0.3, 0.4) is 0 Å². The zero-order valence-electron chi connectivity index (χ0n) is 10.3. The Morgan fingerprint density at radius 3 is 2.21 bits per heavy atom. The molecule has 19 heavy (non-hydrogen) atoms. The molecule has 1 aromatic carbocycles. The van der Waals surface area contributed by atoms with Crippen molar-refractivity contribution in [3.63, 3.8) is 0 Å². The Balaban J connectivity index is 2.18. The van der Waals surface area contributed by atoms with Crippen LogP contribution in [-0.4, -0.2) is 24.5 Å². The number of rotatable bonds is 3. The summed E-state index contributed by atoms with van der Waals surface area (Å²) >= 11 is 11.7. The summed E-state index contributed by atoms with van der Waals surface area (Å²) in [5, 5.41) is 3.47. The van der Waals surface area contributed by atoms with Crippen molar-refractivity contribution in [2.45, 2.75) is 24.8 Å². The fourth-order valence-electron chi connectivity index (χ4n) is 2.08. The fraction of sp³-hybridized carbons (Fsp3) is 0.385. The third-order valence-electron chi connectivity index (χ3n) is 3.26. The maximum absolute atomic E-state index is 12.1. The molecule has 0 radical (unpaired) electrons. The van der Waals surface area contributed by atoms with E-state index in [2.05, 4.69) is 5.32 Å². The summed E-state index contributed by atoms with van der Waals surface area (Å²) in [6, 6.07) is 4.55. The summed E-state index contributed by atoms with van der Waals surface area (Å²) in [6.45, 7) is 0. The van der Waals surface area contributed by atoms with Crippen molar-refractivity contribution in [1.82, 2.24) is 5.32 Å². The number of methoxy groups -OCH3 is 1. The highest BCUT2D eigenvalue weighted by atomic mass is 35.5. The number of ether oxygens (including phenoxy) is 1. The van der Waals surface area contributed by atoms with Gasteiger partial charge in [-0.3, -0.25) is 4.79 Å². The van der Waals surface area contributed by atoms with Gasteiger partial charge in [-0.1, -0.05) is 23.2 Å². The molecule has 1 amide bonds. The monoisotopic (exact) mass is 301 g/mol.